The van der Waals surface area contributed by atoms with Crippen LogP contribution in [0.2, 0.25) is 0 Å². The van der Waals surface area contributed by atoms with E-state index >= 15 is 0 Å². The molecule has 0 heterocycles. The van der Waals surface area contributed by atoms with Crippen LogP contribution < -0.4 is 5.32 Å². The summed E-state index contributed by atoms with van der Waals surface area (Å²) in [6.45, 7) is 0. The highest BCUT2D eigenvalue weighted by atomic mass is 79.9. The van der Waals surface area contributed by atoms with Gasteiger partial charge in [-0.25, -0.2) is 4.39 Å². The molecule has 0 aromatic heterocycles. The lowest BCUT2D eigenvalue weighted by molar-refractivity contribution is -0.154. The molecule has 0 radical (unpaired) electrons. The van der Waals surface area contributed by atoms with Crippen LogP contribution in [0.3, 0.4) is 0 Å². The highest BCUT2D eigenvalue weighted by molar-refractivity contribution is 9.10. The normalized spacial score (nSPS) is 13.9. The molecule has 0 bridgehead atoms. The van der Waals surface area contributed by atoms with Crippen molar-refractivity contribution in [1.82, 2.24) is 5.32 Å². The summed E-state index contributed by atoms with van der Waals surface area (Å²) in [6, 6.07) is 2.20. The maximum atomic E-state index is 13.2. The number of rotatable bonds is 3. The van der Waals surface area contributed by atoms with Gasteiger partial charge in [0.15, 0.2) is 0 Å². The molecule has 1 atom stereocenters. The molecular weight excluding hydrogens is 290 g/mol. The van der Waals surface area contributed by atoms with Gasteiger partial charge in [0, 0.05) is 4.47 Å². The molecule has 1 unspecified atom stereocenters. The quantitative estimate of drug-likeness (QED) is 0.845. The van der Waals surface area contributed by atoms with Crippen LogP contribution in [0.25, 0.3) is 0 Å². The predicted octanol–water partition coefficient (Wildman–Crippen LogP) is 3.28. The Labute approximate surface area is 99.0 Å². The predicted molar refractivity (Wildman–Crippen MR) is 56.7 cm³/mol. The van der Waals surface area contributed by atoms with Crippen LogP contribution in [0.5, 0.6) is 0 Å². The van der Waals surface area contributed by atoms with Crippen molar-refractivity contribution in [3.05, 3.63) is 34.1 Å². The van der Waals surface area contributed by atoms with Gasteiger partial charge < -0.3 is 5.32 Å². The number of hydrogen-bond acceptors (Lipinski definition) is 1. The van der Waals surface area contributed by atoms with Crippen molar-refractivity contribution in [3.8, 4) is 0 Å². The van der Waals surface area contributed by atoms with Crippen molar-refractivity contribution in [2.45, 2.75) is 18.6 Å². The molecule has 1 N–H and O–H groups in total. The van der Waals surface area contributed by atoms with Gasteiger partial charge in [0.05, 0.1) is 0 Å². The minimum absolute atomic E-state index is 0.0334. The van der Waals surface area contributed by atoms with Gasteiger partial charge in [0.25, 0.3) is 0 Å². The van der Waals surface area contributed by atoms with Crippen molar-refractivity contribution in [1.29, 1.82) is 0 Å². The van der Waals surface area contributed by atoms with Gasteiger partial charge >= 0.3 is 6.18 Å². The lowest BCUT2D eigenvalue weighted by Gasteiger charge is -2.19. The topological polar surface area (TPSA) is 12.0 Å². The monoisotopic (exact) mass is 299 g/mol. The van der Waals surface area contributed by atoms with E-state index in [0.717, 1.165) is 6.07 Å². The highest BCUT2D eigenvalue weighted by Gasteiger charge is 2.38. The molecule has 16 heavy (non-hydrogen) atoms. The number of benzene rings is 1. The summed E-state index contributed by atoms with van der Waals surface area (Å²) in [5, 5.41) is 2.13. The maximum Gasteiger partial charge on any atom is 0.404 e. The number of nitrogens with one attached hydrogen (secondary N) is 1. The number of alkyl halides is 3. The summed E-state index contributed by atoms with van der Waals surface area (Å²) in [5.74, 6) is -0.632. The first-order valence-electron chi connectivity index (χ1n) is 4.52. The van der Waals surface area contributed by atoms with Crippen molar-refractivity contribution in [3.63, 3.8) is 0 Å². The van der Waals surface area contributed by atoms with Crippen LogP contribution in [0.1, 0.15) is 5.56 Å². The maximum absolute atomic E-state index is 13.2. The summed E-state index contributed by atoms with van der Waals surface area (Å²) in [7, 11) is 1.20. The fourth-order valence-electron chi connectivity index (χ4n) is 1.30. The number of halogens is 5. The van der Waals surface area contributed by atoms with E-state index in [-0.39, 0.29) is 5.56 Å². The number of likely N-dealkylation sites (N-methyl/N-ethyl adjacent to an activating group) is 1. The lowest BCUT2D eigenvalue weighted by atomic mass is 10.1. The second kappa shape index (κ2) is 5.14. The first kappa shape index (κ1) is 13.4. The molecule has 1 rings (SSSR count). The third kappa shape index (κ3) is 3.45. The second-order valence-electron chi connectivity index (χ2n) is 3.32. The molecule has 1 aromatic carbocycles. The van der Waals surface area contributed by atoms with E-state index in [1.54, 1.807) is 0 Å². The van der Waals surface area contributed by atoms with Gasteiger partial charge in [-0.2, -0.15) is 13.2 Å². The van der Waals surface area contributed by atoms with E-state index in [0.29, 0.717) is 4.47 Å². The summed E-state index contributed by atoms with van der Waals surface area (Å²) in [4.78, 5) is 0. The Kier molecular flexibility index (Phi) is 4.32. The first-order valence-corrected chi connectivity index (χ1v) is 5.32. The smallest absolute Gasteiger partial charge is 0.309 e. The SMILES string of the molecule is CNC(Cc1cc(Br)ccc1F)C(F)(F)F. The third-order valence-electron chi connectivity index (χ3n) is 2.18. The van der Waals surface area contributed by atoms with E-state index in [4.69, 9.17) is 0 Å². The molecule has 0 aliphatic rings. The van der Waals surface area contributed by atoms with Crippen LogP contribution >= 0.6 is 15.9 Å². The fourth-order valence-corrected chi connectivity index (χ4v) is 1.71. The van der Waals surface area contributed by atoms with Crippen molar-refractivity contribution < 1.29 is 17.6 Å². The molecule has 0 fully saturated rings. The minimum atomic E-state index is -4.39. The van der Waals surface area contributed by atoms with Crippen LogP contribution in [-0.4, -0.2) is 19.3 Å². The zero-order valence-corrected chi connectivity index (χ0v) is 9.99. The van der Waals surface area contributed by atoms with E-state index in [2.05, 4.69) is 21.2 Å². The zero-order valence-electron chi connectivity index (χ0n) is 8.41. The Hall–Kier alpha value is -0.620. The molecule has 0 amide bonds. The molecule has 0 spiro atoms. The van der Waals surface area contributed by atoms with Crippen molar-refractivity contribution in [2.75, 3.05) is 7.05 Å². The zero-order chi connectivity index (χ0) is 12.3. The van der Waals surface area contributed by atoms with Gasteiger partial charge in [-0.3, -0.25) is 0 Å². The molecule has 90 valence electrons. The summed E-state index contributed by atoms with van der Waals surface area (Å²) < 4.78 is 51.1. The van der Waals surface area contributed by atoms with Gasteiger partial charge in [0.1, 0.15) is 11.9 Å². The highest BCUT2D eigenvalue weighted by Crippen LogP contribution is 2.25. The molecule has 0 aliphatic heterocycles. The van der Waals surface area contributed by atoms with Crippen LogP contribution in [-0.2, 0) is 6.42 Å². The standard InChI is InChI=1S/C10H10BrF4N/c1-16-9(10(13,14)15)5-6-4-7(11)2-3-8(6)12/h2-4,9,16H,5H2,1H3. The Morgan fingerprint density at radius 3 is 2.50 bits per heavy atom. The molecule has 6 heteroatoms. The molecule has 0 saturated carbocycles. The van der Waals surface area contributed by atoms with E-state index in [1.165, 1.54) is 19.2 Å². The molecular formula is C10H10BrF4N. The summed E-state index contributed by atoms with van der Waals surface area (Å²) >= 11 is 3.09. The molecule has 1 nitrogen and oxygen atoms in total. The van der Waals surface area contributed by atoms with Gasteiger partial charge in [-0.15, -0.1) is 0 Å². The van der Waals surface area contributed by atoms with Gasteiger partial charge in [0.2, 0.25) is 0 Å². The van der Waals surface area contributed by atoms with Crippen molar-refractivity contribution in [2.24, 2.45) is 0 Å². The molecule has 0 saturated heterocycles. The van der Waals surface area contributed by atoms with Crippen LogP contribution in [0.15, 0.2) is 22.7 Å². The molecule has 1 aromatic rings. The number of hydrogen-bond donors (Lipinski definition) is 1. The van der Waals surface area contributed by atoms with Crippen LogP contribution in [0, 0.1) is 5.82 Å². The lowest BCUT2D eigenvalue weighted by Crippen LogP contribution is -2.41. The van der Waals surface area contributed by atoms with E-state index < -0.39 is 24.5 Å². The Morgan fingerprint density at radius 1 is 1.38 bits per heavy atom. The Bertz CT molecular complexity index is 364. The van der Waals surface area contributed by atoms with E-state index in [1.807, 2.05) is 0 Å². The van der Waals surface area contributed by atoms with Gasteiger partial charge in [-0.1, -0.05) is 15.9 Å². The summed E-state index contributed by atoms with van der Waals surface area (Å²) in [5.41, 5.74) is 0.0334. The van der Waals surface area contributed by atoms with Crippen molar-refractivity contribution >= 4 is 15.9 Å². The Balaban J connectivity index is 2.90. The summed E-state index contributed by atoms with van der Waals surface area (Å²) in [6.07, 6.45) is -4.81. The van der Waals surface area contributed by atoms with Gasteiger partial charge in [-0.05, 0) is 37.2 Å². The average molecular weight is 300 g/mol. The minimum Gasteiger partial charge on any atom is -0.309 e. The molecule has 0 aliphatic carbocycles. The average Bonchev–Trinajstić information content (AvgIpc) is 2.17. The Morgan fingerprint density at radius 2 is 2.00 bits per heavy atom. The van der Waals surface area contributed by atoms with Crippen LogP contribution in [0.4, 0.5) is 17.6 Å². The second-order valence-corrected chi connectivity index (χ2v) is 4.24. The fraction of sp³-hybridized carbons (Fsp3) is 0.400. The van der Waals surface area contributed by atoms with E-state index in [9.17, 15) is 17.6 Å². The largest absolute Gasteiger partial charge is 0.404 e. The third-order valence-corrected chi connectivity index (χ3v) is 2.67. The first-order chi connectivity index (χ1) is 7.34.